The van der Waals surface area contributed by atoms with E-state index in [1.807, 2.05) is 42.2 Å². The van der Waals surface area contributed by atoms with Crippen LogP contribution in [0.5, 0.6) is 5.75 Å². The molecule has 8 heteroatoms. The van der Waals surface area contributed by atoms with Gasteiger partial charge in [-0.2, -0.15) is 0 Å². The lowest BCUT2D eigenvalue weighted by molar-refractivity contribution is -0.136. The Hall–Kier alpha value is -3.16. The number of ether oxygens (including phenoxy) is 1. The average molecular weight is 395 g/mol. The summed E-state index contributed by atoms with van der Waals surface area (Å²) >= 11 is 0. The number of piperazine rings is 1. The summed E-state index contributed by atoms with van der Waals surface area (Å²) in [5, 5.41) is 0. The molecule has 2 aliphatic heterocycles. The fraction of sp³-hybridized carbons (Fsp3) is 0.429. The van der Waals surface area contributed by atoms with Crippen molar-refractivity contribution in [1.29, 1.82) is 0 Å². The van der Waals surface area contributed by atoms with Crippen LogP contribution in [0.2, 0.25) is 0 Å². The third-order valence-electron chi connectivity index (χ3n) is 5.56. The third kappa shape index (κ3) is 4.01. The van der Waals surface area contributed by atoms with E-state index in [2.05, 4.69) is 14.9 Å². The SMILES string of the molecule is COc1ccc(N2CC(C(=O)N3CCN(c4cc(C)ncn4)CC3)CC2=O)cc1. The highest BCUT2D eigenvalue weighted by Crippen LogP contribution is 2.28. The van der Waals surface area contributed by atoms with Crippen molar-refractivity contribution in [3.8, 4) is 5.75 Å². The second-order valence-electron chi connectivity index (χ2n) is 7.43. The molecule has 0 radical (unpaired) electrons. The van der Waals surface area contributed by atoms with Gasteiger partial charge in [0, 0.05) is 56.6 Å². The third-order valence-corrected chi connectivity index (χ3v) is 5.56. The van der Waals surface area contributed by atoms with Gasteiger partial charge in [0.2, 0.25) is 11.8 Å². The normalized spacial score (nSPS) is 19.6. The molecule has 2 fully saturated rings. The van der Waals surface area contributed by atoms with Gasteiger partial charge < -0.3 is 19.4 Å². The van der Waals surface area contributed by atoms with E-state index < -0.39 is 0 Å². The maximum Gasteiger partial charge on any atom is 0.228 e. The molecule has 152 valence electrons. The van der Waals surface area contributed by atoms with E-state index in [1.54, 1.807) is 18.3 Å². The molecular weight excluding hydrogens is 370 g/mol. The smallest absolute Gasteiger partial charge is 0.228 e. The number of benzene rings is 1. The number of hydrogen-bond acceptors (Lipinski definition) is 6. The minimum atomic E-state index is -0.294. The molecule has 1 aromatic carbocycles. The lowest BCUT2D eigenvalue weighted by Crippen LogP contribution is -2.51. The van der Waals surface area contributed by atoms with E-state index in [9.17, 15) is 9.59 Å². The molecule has 2 saturated heterocycles. The van der Waals surface area contributed by atoms with Gasteiger partial charge in [-0.05, 0) is 31.2 Å². The number of methoxy groups -OCH3 is 1. The first-order valence-corrected chi connectivity index (χ1v) is 9.82. The molecule has 0 aliphatic carbocycles. The molecular formula is C21H25N5O3. The Bertz CT molecular complexity index is 893. The summed E-state index contributed by atoms with van der Waals surface area (Å²) in [5.41, 5.74) is 1.73. The van der Waals surface area contributed by atoms with Gasteiger partial charge in [0.05, 0.1) is 13.0 Å². The first-order chi connectivity index (χ1) is 14.0. The van der Waals surface area contributed by atoms with Crippen molar-refractivity contribution in [3.63, 3.8) is 0 Å². The number of aryl methyl sites for hydroxylation is 1. The van der Waals surface area contributed by atoms with Gasteiger partial charge in [0.15, 0.2) is 0 Å². The summed E-state index contributed by atoms with van der Waals surface area (Å²) < 4.78 is 5.17. The highest BCUT2D eigenvalue weighted by molar-refractivity contribution is 6.00. The molecule has 2 aliphatic rings. The van der Waals surface area contributed by atoms with E-state index >= 15 is 0 Å². The summed E-state index contributed by atoms with van der Waals surface area (Å²) in [7, 11) is 1.61. The molecule has 0 spiro atoms. The Morgan fingerprint density at radius 3 is 2.48 bits per heavy atom. The van der Waals surface area contributed by atoms with Crippen LogP contribution < -0.4 is 14.5 Å². The molecule has 2 amide bonds. The van der Waals surface area contributed by atoms with Crippen LogP contribution in [0.3, 0.4) is 0 Å². The van der Waals surface area contributed by atoms with Gasteiger partial charge in [-0.25, -0.2) is 9.97 Å². The van der Waals surface area contributed by atoms with Crippen molar-refractivity contribution in [3.05, 3.63) is 42.4 Å². The summed E-state index contributed by atoms with van der Waals surface area (Å²) in [5.74, 6) is 1.39. The van der Waals surface area contributed by atoms with Crippen LogP contribution in [0.25, 0.3) is 0 Å². The molecule has 4 rings (SSSR count). The van der Waals surface area contributed by atoms with E-state index in [0.29, 0.717) is 19.6 Å². The number of amides is 2. The standard InChI is InChI=1S/C21H25N5O3/c1-15-11-19(23-14-22-15)24-7-9-25(10-8-24)21(28)16-12-20(27)26(13-16)17-3-5-18(29-2)6-4-17/h3-6,11,14,16H,7-10,12-13H2,1-2H3. The van der Waals surface area contributed by atoms with Gasteiger partial charge in [-0.1, -0.05) is 0 Å². The molecule has 0 bridgehead atoms. The number of nitrogens with zero attached hydrogens (tertiary/aromatic N) is 5. The van der Waals surface area contributed by atoms with Crippen molar-refractivity contribution in [1.82, 2.24) is 14.9 Å². The van der Waals surface area contributed by atoms with Crippen LogP contribution >= 0.6 is 0 Å². The number of hydrogen-bond donors (Lipinski definition) is 0. The van der Waals surface area contributed by atoms with Crippen LogP contribution in [0.4, 0.5) is 11.5 Å². The van der Waals surface area contributed by atoms with Gasteiger partial charge in [-0.3, -0.25) is 9.59 Å². The van der Waals surface area contributed by atoms with Gasteiger partial charge in [-0.15, -0.1) is 0 Å². The number of rotatable bonds is 4. The molecule has 0 saturated carbocycles. The second-order valence-corrected chi connectivity index (χ2v) is 7.43. The fourth-order valence-corrected chi connectivity index (χ4v) is 3.91. The summed E-state index contributed by atoms with van der Waals surface area (Å²) in [6.45, 7) is 5.09. The zero-order valence-corrected chi connectivity index (χ0v) is 16.7. The van der Waals surface area contributed by atoms with Gasteiger partial charge in [0.1, 0.15) is 17.9 Å². The number of anilines is 2. The van der Waals surface area contributed by atoms with Crippen molar-refractivity contribution in [2.75, 3.05) is 49.6 Å². The predicted molar refractivity (Wildman–Crippen MR) is 109 cm³/mol. The lowest BCUT2D eigenvalue weighted by atomic mass is 10.1. The Morgan fingerprint density at radius 1 is 1.10 bits per heavy atom. The average Bonchev–Trinajstić information content (AvgIpc) is 3.15. The van der Waals surface area contributed by atoms with E-state index in [0.717, 1.165) is 36.0 Å². The number of carbonyl (C=O) groups is 2. The number of aromatic nitrogens is 2. The maximum absolute atomic E-state index is 13.0. The van der Waals surface area contributed by atoms with Crippen LogP contribution in [-0.4, -0.2) is 66.5 Å². The van der Waals surface area contributed by atoms with Crippen molar-refractivity contribution >= 4 is 23.3 Å². The van der Waals surface area contributed by atoms with Gasteiger partial charge >= 0.3 is 0 Å². The molecule has 0 N–H and O–H groups in total. The molecule has 2 aromatic rings. The first-order valence-electron chi connectivity index (χ1n) is 9.82. The lowest BCUT2D eigenvalue weighted by Gasteiger charge is -2.36. The molecule has 1 unspecified atom stereocenters. The fourth-order valence-electron chi connectivity index (χ4n) is 3.91. The highest BCUT2D eigenvalue weighted by Gasteiger charge is 2.38. The minimum Gasteiger partial charge on any atom is -0.497 e. The van der Waals surface area contributed by atoms with E-state index in [1.165, 1.54) is 0 Å². The summed E-state index contributed by atoms with van der Waals surface area (Å²) in [6, 6.07) is 9.32. The van der Waals surface area contributed by atoms with Crippen molar-refractivity contribution in [2.45, 2.75) is 13.3 Å². The molecule has 1 atom stereocenters. The quantitative estimate of drug-likeness (QED) is 0.781. The minimum absolute atomic E-state index is 0.0105. The largest absolute Gasteiger partial charge is 0.497 e. The van der Waals surface area contributed by atoms with Crippen LogP contribution in [0.1, 0.15) is 12.1 Å². The van der Waals surface area contributed by atoms with Crippen LogP contribution in [-0.2, 0) is 9.59 Å². The highest BCUT2D eigenvalue weighted by atomic mass is 16.5. The van der Waals surface area contributed by atoms with E-state index in [-0.39, 0.29) is 24.2 Å². The Morgan fingerprint density at radius 2 is 1.83 bits per heavy atom. The molecule has 8 nitrogen and oxygen atoms in total. The van der Waals surface area contributed by atoms with Crippen LogP contribution in [0, 0.1) is 12.8 Å². The van der Waals surface area contributed by atoms with E-state index in [4.69, 9.17) is 4.74 Å². The first kappa shape index (κ1) is 19.2. The monoisotopic (exact) mass is 395 g/mol. The van der Waals surface area contributed by atoms with Gasteiger partial charge in [0.25, 0.3) is 0 Å². The summed E-state index contributed by atoms with van der Waals surface area (Å²) in [4.78, 5) is 39.7. The Kier molecular flexibility index (Phi) is 5.33. The summed E-state index contributed by atoms with van der Waals surface area (Å²) in [6.07, 6.45) is 1.83. The van der Waals surface area contributed by atoms with Crippen LogP contribution in [0.15, 0.2) is 36.7 Å². The topological polar surface area (TPSA) is 78.9 Å². The second kappa shape index (κ2) is 8.06. The predicted octanol–water partition coefficient (Wildman–Crippen LogP) is 1.50. The zero-order valence-electron chi connectivity index (χ0n) is 16.7. The Labute approximate surface area is 170 Å². The molecule has 3 heterocycles. The molecule has 1 aromatic heterocycles. The maximum atomic E-state index is 13.0. The van der Waals surface area contributed by atoms with Crippen molar-refractivity contribution < 1.29 is 14.3 Å². The van der Waals surface area contributed by atoms with Crippen molar-refractivity contribution in [2.24, 2.45) is 5.92 Å². The molecule has 29 heavy (non-hydrogen) atoms. The zero-order chi connectivity index (χ0) is 20.4. The number of carbonyl (C=O) groups excluding carboxylic acids is 2. The Balaban J connectivity index is 1.36.